The third kappa shape index (κ3) is 3.06. The number of ether oxygens (including phenoxy) is 1. The Balaban J connectivity index is 2.02. The molecule has 0 radical (unpaired) electrons. The number of nitrogens with zero attached hydrogens (tertiary/aromatic N) is 1. The van der Waals surface area contributed by atoms with Crippen LogP contribution < -0.4 is 4.74 Å². The lowest BCUT2D eigenvalue weighted by atomic mass is 10.1. The first-order valence-electron chi connectivity index (χ1n) is 8.75. The molecule has 0 fully saturated rings. The first kappa shape index (κ1) is 18.3. The van der Waals surface area contributed by atoms with Gasteiger partial charge in [0, 0.05) is 5.39 Å². The smallest absolute Gasteiger partial charge is 0.268 e. The van der Waals surface area contributed by atoms with Gasteiger partial charge in [-0.25, -0.2) is 12.4 Å². The van der Waals surface area contributed by atoms with Gasteiger partial charge in [0.1, 0.15) is 5.75 Å². The van der Waals surface area contributed by atoms with Crippen LogP contribution in [0.15, 0.2) is 83.8 Å². The van der Waals surface area contributed by atoms with Crippen molar-refractivity contribution in [3.05, 3.63) is 84.4 Å². The summed E-state index contributed by atoms with van der Waals surface area (Å²) in [6.45, 7) is -0.0667. The lowest BCUT2D eigenvalue weighted by molar-refractivity contribution is 0.282. The number of aliphatic hydroxyl groups is 1. The molecule has 4 aromatic rings. The number of benzene rings is 3. The fraction of sp³-hybridized carbons (Fsp3) is 0.0909. The summed E-state index contributed by atoms with van der Waals surface area (Å²) in [5.74, 6) is 0.656. The predicted molar refractivity (Wildman–Crippen MR) is 109 cm³/mol. The summed E-state index contributed by atoms with van der Waals surface area (Å²) >= 11 is 0. The van der Waals surface area contributed by atoms with E-state index in [-0.39, 0.29) is 11.5 Å². The predicted octanol–water partition coefficient (Wildman–Crippen LogP) is 4.05. The maximum absolute atomic E-state index is 13.5. The Bertz CT molecular complexity index is 1230. The van der Waals surface area contributed by atoms with Gasteiger partial charge in [-0.1, -0.05) is 42.5 Å². The Morgan fingerprint density at radius 3 is 2.29 bits per heavy atom. The maximum Gasteiger partial charge on any atom is 0.268 e. The summed E-state index contributed by atoms with van der Waals surface area (Å²) in [7, 11) is -2.23. The molecule has 6 heteroatoms. The SMILES string of the molecule is COc1ccc2c(c1)cc(-c1ccc(CO)cc1)n2S(=O)(=O)c1ccccc1. The Morgan fingerprint density at radius 2 is 1.64 bits per heavy atom. The standard InChI is InChI=1S/C22H19NO4S/c1-27-19-11-12-21-18(13-19)14-22(17-9-7-16(15-24)8-10-17)23(21)28(25,26)20-5-3-2-4-6-20/h2-14,24H,15H2,1H3. The van der Waals surface area contributed by atoms with Crippen LogP contribution in [0.4, 0.5) is 0 Å². The van der Waals surface area contributed by atoms with Crippen LogP contribution in [0.1, 0.15) is 5.56 Å². The Morgan fingerprint density at radius 1 is 0.929 bits per heavy atom. The Labute approximate surface area is 163 Å². The van der Waals surface area contributed by atoms with E-state index >= 15 is 0 Å². The minimum Gasteiger partial charge on any atom is -0.497 e. The summed E-state index contributed by atoms with van der Waals surface area (Å²) in [5, 5.41) is 10.1. The zero-order valence-electron chi connectivity index (χ0n) is 15.2. The van der Waals surface area contributed by atoms with Crippen LogP contribution in [0.5, 0.6) is 5.75 Å². The van der Waals surface area contributed by atoms with E-state index in [1.165, 1.54) is 3.97 Å². The fourth-order valence-corrected chi connectivity index (χ4v) is 4.79. The van der Waals surface area contributed by atoms with Gasteiger partial charge in [-0.05, 0) is 47.5 Å². The molecule has 0 spiro atoms. The summed E-state index contributed by atoms with van der Waals surface area (Å²) in [5.41, 5.74) is 2.63. The summed E-state index contributed by atoms with van der Waals surface area (Å²) in [6, 6.07) is 22.7. The second-order valence-corrected chi connectivity index (χ2v) is 8.18. The van der Waals surface area contributed by atoms with E-state index in [0.717, 1.165) is 16.5 Å². The highest BCUT2D eigenvalue weighted by molar-refractivity contribution is 7.90. The average Bonchev–Trinajstić information content (AvgIpc) is 3.13. The van der Waals surface area contributed by atoms with Crippen molar-refractivity contribution in [3.63, 3.8) is 0 Å². The largest absolute Gasteiger partial charge is 0.497 e. The van der Waals surface area contributed by atoms with Crippen LogP contribution >= 0.6 is 0 Å². The molecule has 0 saturated heterocycles. The van der Waals surface area contributed by atoms with Crippen molar-refractivity contribution < 1.29 is 18.3 Å². The van der Waals surface area contributed by atoms with E-state index in [4.69, 9.17) is 4.74 Å². The molecule has 1 aromatic heterocycles. The zero-order valence-corrected chi connectivity index (χ0v) is 16.1. The van der Waals surface area contributed by atoms with Gasteiger partial charge in [0.15, 0.2) is 0 Å². The van der Waals surface area contributed by atoms with Crippen molar-refractivity contribution in [3.8, 4) is 17.0 Å². The number of hydrogen-bond donors (Lipinski definition) is 1. The topological polar surface area (TPSA) is 68.5 Å². The third-order valence-electron chi connectivity index (χ3n) is 4.68. The van der Waals surface area contributed by atoms with Gasteiger partial charge >= 0.3 is 0 Å². The van der Waals surface area contributed by atoms with Gasteiger partial charge in [0.05, 0.1) is 29.8 Å². The number of aromatic nitrogens is 1. The third-order valence-corrected chi connectivity index (χ3v) is 6.42. The lowest BCUT2D eigenvalue weighted by Gasteiger charge is -2.13. The first-order valence-corrected chi connectivity index (χ1v) is 10.2. The van der Waals surface area contributed by atoms with Gasteiger partial charge < -0.3 is 9.84 Å². The highest BCUT2D eigenvalue weighted by Gasteiger charge is 2.24. The monoisotopic (exact) mass is 393 g/mol. The van der Waals surface area contributed by atoms with Gasteiger partial charge in [0.25, 0.3) is 10.0 Å². The van der Waals surface area contributed by atoms with Crippen LogP contribution in [-0.2, 0) is 16.6 Å². The van der Waals surface area contributed by atoms with E-state index in [1.807, 2.05) is 24.3 Å². The second kappa shape index (κ2) is 7.14. The molecule has 1 heterocycles. The van der Waals surface area contributed by atoms with E-state index in [0.29, 0.717) is 17.0 Å². The summed E-state index contributed by atoms with van der Waals surface area (Å²) in [4.78, 5) is 0.219. The molecule has 4 rings (SSSR count). The van der Waals surface area contributed by atoms with Gasteiger partial charge in [0.2, 0.25) is 0 Å². The number of hydrogen-bond acceptors (Lipinski definition) is 4. The molecular weight excluding hydrogens is 374 g/mol. The molecule has 0 unspecified atom stereocenters. The minimum atomic E-state index is -3.81. The van der Waals surface area contributed by atoms with Crippen LogP contribution in [0, 0.1) is 0 Å². The number of methoxy groups -OCH3 is 1. The highest BCUT2D eigenvalue weighted by atomic mass is 32.2. The van der Waals surface area contributed by atoms with Crippen LogP contribution in [0.25, 0.3) is 22.2 Å². The van der Waals surface area contributed by atoms with E-state index in [2.05, 4.69) is 0 Å². The van der Waals surface area contributed by atoms with E-state index in [9.17, 15) is 13.5 Å². The normalized spacial score (nSPS) is 11.6. The maximum atomic E-state index is 13.5. The highest BCUT2D eigenvalue weighted by Crippen LogP contribution is 2.34. The van der Waals surface area contributed by atoms with Gasteiger partial charge in [-0.2, -0.15) is 0 Å². The molecule has 0 saturated carbocycles. The van der Waals surface area contributed by atoms with Crippen molar-refractivity contribution in [2.24, 2.45) is 0 Å². The van der Waals surface area contributed by atoms with Crippen molar-refractivity contribution >= 4 is 20.9 Å². The molecule has 1 N–H and O–H groups in total. The van der Waals surface area contributed by atoms with Crippen LogP contribution in [0.3, 0.4) is 0 Å². The minimum absolute atomic E-state index is 0.0667. The quantitative estimate of drug-likeness (QED) is 0.555. The summed E-state index contributed by atoms with van der Waals surface area (Å²) < 4.78 is 33.6. The molecular formula is C22H19NO4S. The Kier molecular flexibility index (Phi) is 4.66. The van der Waals surface area contributed by atoms with Crippen molar-refractivity contribution in [2.75, 3.05) is 7.11 Å². The number of aliphatic hydroxyl groups excluding tert-OH is 1. The van der Waals surface area contributed by atoms with Gasteiger partial charge in [-0.15, -0.1) is 0 Å². The molecule has 5 nitrogen and oxygen atoms in total. The molecule has 28 heavy (non-hydrogen) atoms. The van der Waals surface area contributed by atoms with E-state index in [1.54, 1.807) is 61.7 Å². The molecule has 0 atom stereocenters. The van der Waals surface area contributed by atoms with Crippen LogP contribution in [-0.4, -0.2) is 24.6 Å². The summed E-state index contributed by atoms with van der Waals surface area (Å²) in [6.07, 6.45) is 0. The van der Waals surface area contributed by atoms with Crippen LogP contribution in [0.2, 0.25) is 0 Å². The number of rotatable bonds is 5. The lowest BCUT2D eigenvalue weighted by Crippen LogP contribution is -2.14. The van der Waals surface area contributed by atoms with Crippen molar-refractivity contribution in [1.29, 1.82) is 0 Å². The van der Waals surface area contributed by atoms with Crippen molar-refractivity contribution in [2.45, 2.75) is 11.5 Å². The number of fused-ring (bicyclic) bond motifs is 1. The molecule has 0 amide bonds. The fourth-order valence-electron chi connectivity index (χ4n) is 3.23. The second-order valence-electron chi connectivity index (χ2n) is 6.39. The molecule has 0 aliphatic carbocycles. The van der Waals surface area contributed by atoms with Gasteiger partial charge in [-0.3, -0.25) is 0 Å². The molecule has 0 aliphatic rings. The molecule has 0 aliphatic heterocycles. The average molecular weight is 393 g/mol. The zero-order chi connectivity index (χ0) is 19.7. The molecule has 0 bridgehead atoms. The first-order chi connectivity index (χ1) is 13.5. The van der Waals surface area contributed by atoms with Crippen molar-refractivity contribution in [1.82, 2.24) is 3.97 Å². The Hall–Kier alpha value is -3.09. The molecule has 3 aromatic carbocycles. The molecule has 142 valence electrons. The van der Waals surface area contributed by atoms with E-state index < -0.39 is 10.0 Å².